The van der Waals surface area contributed by atoms with Crippen molar-refractivity contribution in [2.24, 2.45) is 0 Å². The van der Waals surface area contributed by atoms with Gasteiger partial charge in [0.15, 0.2) is 5.82 Å². The first-order valence-corrected chi connectivity index (χ1v) is 6.96. The van der Waals surface area contributed by atoms with E-state index in [0.717, 1.165) is 11.1 Å². The monoisotopic (exact) mass is 347 g/mol. The number of nitrogen functional groups attached to an aromatic ring is 1. The highest BCUT2D eigenvalue weighted by Gasteiger charge is 2.15. The Morgan fingerprint density at radius 1 is 1.24 bits per heavy atom. The van der Waals surface area contributed by atoms with Crippen molar-refractivity contribution >= 4 is 21.6 Å². The van der Waals surface area contributed by atoms with Crippen LogP contribution < -0.4 is 5.73 Å². The van der Waals surface area contributed by atoms with E-state index >= 15 is 0 Å². The fraction of sp³-hybridized carbons (Fsp3) is 0.0714. The molecule has 0 saturated carbocycles. The predicted molar refractivity (Wildman–Crippen MR) is 81.4 cm³/mol. The minimum atomic E-state index is -0.335. The minimum absolute atomic E-state index is 0.335. The summed E-state index contributed by atoms with van der Waals surface area (Å²) in [6.07, 6.45) is 0. The van der Waals surface area contributed by atoms with Crippen LogP contribution in [0.5, 0.6) is 0 Å². The first-order valence-electron chi connectivity index (χ1n) is 6.16. The van der Waals surface area contributed by atoms with Gasteiger partial charge in [-0.05, 0) is 69.2 Å². The van der Waals surface area contributed by atoms with Crippen molar-refractivity contribution in [1.29, 1.82) is 0 Å². The molecule has 0 atom stereocenters. The van der Waals surface area contributed by atoms with Gasteiger partial charge in [0, 0.05) is 11.3 Å². The lowest BCUT2D eigenvalue weighted by Crippen LogP contribution is -2.02. The van der Waals surface area contributed by atoms with Crippen LogP contribution >= 0.6 is 15.9 Å². The normalized spacial score (nSPS) is 10.8. The maximum absolute atomic E-state index is 13.6. The molecule has 21 heavy (non-hydrogen) atoms. The van der Waals surface area contributed by atoms with Gasteiger partial charge < -0.3 is 5.73 Å². The van der Waals surface area contributed by atoms with Crippen molar-refractivity contribution in [3.8, 4) is 17.1 Å². The van der Waals surface area contributed by atoms with Gasteiger partial charge in [0.05, 0.1) is 10.2 Å². The number of hydrogen-bond acceptors (Lipinski definition) is 4. The summed E-state index contributed by atoms with van der Waals surface area (Å²) in [7, 11) is 0. The summed E-state index contributed by atoms with van der Waals surface area (Å²) in [5, 5.41) is 11.6. The van der Waals surface area contributed by atoms with Gasteiger partial charge in [0.25, 0.3) is 0 Å². The van der Waals surface area contributed by atoms with Crippen LogP contribution in [0, 0.1) is 12.7 Å². The smallest absolute Gasteiger partial charge is 0.188 e. The van der Waals surface area contributed by atoms with Gasteiger partial charge in [0.1, 0.15) is 5.82 Å². The third-order valence-corrected chi connectivity index (χ3v) is 3.90. The van der Waals surface area contributed by atoms with E-state index in [0.29, 0.717) is 21.7 Å². The second-order valence-corrected chi connectivity index (χ2v) is 5.40. The number of nitrogens with zero attached hydrogens (tertiary/aromatic N) is 4. The first kappa shape index (κ1) is 13.7. The maximum Gasteiger partial charge on any atom is 0.188 e. The maximum atomic E-state index is 13.6. The predicted octanol–water partition coefficient (Wildman–Crippen LogP) is 3.12. The molecule has 1 aromatic heterocycles. The van der Waals surface area contributed by atoms with E-state index < -0.39 is 0 Å². The molecular formula is C14H11BrFN5. The second kappa shape index (κ2) is 5.25. The number of halogens is 2. The van der Waals surface area contributed by atoms with E-state index in [4.69, 9.17) is 5.73 Å². The Hall–Kier alpha value is -2.28. The Morgan fingerprint density at radius 2 is 2.05 bits per heavy atom. The van der Waals surface area contributed by atoms with Crippen molar-refractivity contribution in [1.82, 2.24) is 20.2 Å². The van der Waals surface area contributed by atoms with Crippen molar-refractivity contribution in [2.45, 2.75) is 6.92 Å². The highest BCUT2D eigenvalue weighted by Crippen LogP contribution is 2.32. The van der Waals surface area contributed by atoms with Gasteiger partial charge in [-0.15, -0.1) is 5.10 Å². The fourth-order valence-electron chi connectivity index (χ4n) is 2.09. The summed E-state index contributed by atoms with van der Waals surface area (Å²) in [6.45, 7) is 1.81. The molecule has 0 unspecified atom stereocenters. The van der Waals surface area contributed by atoms with Crippen LogP contribution in [0.25, 0.3) is 17.1 Å². The number of tetrazole rings is 1. The van der Waals surface area contributed by atoms with Crippen LogP contribution in [0.2, 0.25) is 0 Å². The third kappa shape index (κ3) is 2.52. The lowest BCUT2D eigenvalue weighted by molar-refractivity contribution is 0.623. The van der Waals surface area contributed by atoms with Crippen molar-refractivity contribution in [3.63, 3.8) is 0 Å². The number of benzene rings is 2. The SMILES string of the molecule is Cc1cc(F)cc(-n2nnnc2-c2cccc(N)c2Br)c1. The van der Waals surface area contributed by atoms with Gasteiger partial charge >= 0.3 is 0 Å². The molecule has 3 aromatic rings. The Balaban J connectivity index is 2.19. The quantitative estimate of drug-likeness (QED) is 0.723. The van der Waals surface area contributed by atoms with Gasteiger partial charge in [-0.1, -0.05) is 6.07 Å². The number of hydrogen-bond donors (Lipinski definition) is 1. The number of aryl methyl sites for hydroxylation is 1. The Kier molecular flexibility index (Phi) is 3.42. The van der Waals surface area contributed by atoms with Gasteiger partial charge in [0.2, 0.25) is 0 Å². The van der Waals surface area contributed by atoms with Crippen LogP contribution in [0.3, 0.4) is 0 Å². The van der Waals surface area contributed by atoms with Crippen molar-refractivity contribution in [2.75, 3.05) is 5.73 Å². The molecule has 0 bridgehead atoms. The number of nitrogens with two attached hydrogens (primary N) is 1. The molecular weight excluding hydrogens is 337 g/mol. The molecule has 0 radical (unpaired) electrons. The van der Waals surface area contributed by atoms with E-state index in [1.165, 1.54) is 16.8 Å². The van der Waals surface area contributed by atoms with Crippen LogP contribution in [0.15, 0.2) is 40.9 Å². The standard InChI is InChI=1S/C14H11BrFN5/c1-8-5-9(16)7-10(6-8)21-14(18-19-20-21)11-3-2-4-12(17)13(11)15/h2-7H,17H2,1H3. The molecule has 2 N–H and O–H groups in total. The second-order valence-electron chi connectivity index (χ2n) is 4.61. The molecule has 1 heterocycles. The zero-order chi connectivity index (χ0) is 15.0. The summed E-state index contributed by atoms with van der Waals surface area (Å²) in [5.74, 6) is 0.150. The van der Waals surface area contributed by atoms with E-state index in [9.17, 15) is 4.39 Å². The molecule has 0 aliphatic carbocycles. The Bertz CT molecular complexity index is 795. The van der Waals surface area contributed by atoms with Gasteiger partial charge in [-0.2, -0.15) is 4.68 Å². The summed E-state index contributed by atoms with van der Waals surface area (Å²) >= 11 is 3.43. The van der Waals surface area contributed by atoms with E-state index in [1.54, 1.807) is 6.07 Å². The molecule has 0 fully saturated rings. The van der Waals surface area contributed by atoms with Crippen molar-refractivity contribution < 1.29 is 4.39 Å². The summed E-state index contributed by atoms with van der Waals surface area (Å²) < 4.78 is 15.8. The number of anilines is 1. The Labute approximate surface area is 128 Å². The molecule has 0 aliphatic rings. The number of rotatable bonds is 2. The summed E-state index contributed by atoms with van der Waals surface area (Å²) in [6, 6.07) is 10.1. The molecule has 7 heteroatoms. The van der Waals surface area contributed by atoms with Crippen molar-refractivity contribution in [3.05, 3.63) is 52.3 Å². The Morgan fingerprint density at radius 3 is 2.81 bits per heavy atom. The molecule has 0 amide bonds. The topological polar surface area (TPSA) is 69.6 Å². The fourth-order valence-corrected chi connectivity index (χ4v) is 2.53. The molecule has 0 saturated heterocycles. The van der Waals surface area contributed by atoms with Gasteiger partial charge in [-0.3, -0.25) is 0 Å². The highest BCUT2D eigenvalue weighted by molar-refractivity contribution is 9.10. The molecule has 3 rings (SSSR count). The zero-order valence-electron chi connectivity index (χ0n) is 11.1. The zero-order valence-corrected chi connectivity index (χ0v) is 12.7. The molecule has 0 spiro atoms. The van der Waals surface area contributed by atoms with Crippen LogP contribution in [0.4, 0.5) is 10.1 Å². The third-order valence-electron chi connectivity index (χ3n) is 3.01. The largest absolute Gasteiger partial charge is 0.398 e. The molecule has 0 aliphatic heterocycles. The van der Waals surface area contributed by atoms with E-state index in [2.05, 4.69) is 31.5 Å². The number of aromatic nitrogens is 4. The molecule has 106 valence electrons. The average Bonchev–Trinajstić information content (AvgIpc) is 2.90. The average molecular weight is 348 g/mol. The minimum Gasteiger partial charge on any atom is -0.398 e. The van der Waals surface area contributed by atoms with Gasteiger partial charge in [-0.25, -0.2) is 4.39 Å². The van der Waals surface area contributed by atoms with Crippen LogP contribution in [-0.4, -0.2) is 20.2 Å². The van der Waals surface area contributed by atoms with Crippen LogP contribution in [-0.2, 0) is 0 Å². The first-order chi connectivity index (χ1) is 10.1. The summed E-state index contributed by atoms with van der Waals surface area (Å²) in [4.78, 5) is 0. The van der Waals surface area contributed by atoms with Crippen LogP contribution in [0.1, 0.15) is 5.56 Å². The van der Waals surface area contributed by atoms with E-state index in [1.807, 2.05) is 25.1 Å². The molecule has 2 aromatic carbocycles. The lowest BCUT2D eigenvalue weighted by Gasteiger charge is -2.08. The van der Waals surface area contributed by atoms with E-state index in [-0.39, 0.29) is 5.82 Å². The summed E-state index contributed by atoms with van der Waals surface area (Å²) in [5.41, 5.74) is 8.55. The molecule has 5 nitrogen and oxygen atoms in total. The lowest BCUT2D eigenvalue weighted by atomic mass is 10.1. The highest BCUT2D eigenvalue weighted by atomic mass is 79.9.